The normalized spacial score (nSPS) is 12.4. The fourth-order valence-electron chi connectivity index (χ4n) is 1.26. The van der Waals surface area contributed by atoms with Crippen molar-refractivity contribution in [3.63, 3.8) is 0 Å². The van der Waals surface area contributed by atoms with E-state index in [1.165, 1.54) is 0 Å². The van der Waals surface area contributed by atoms with Gasteiger partial charge in [-0.05, 0) is 17.7 Å². The summed E-state index contributed by atoms with van der Waals surface area (Å²) in [6, 6.07) is 7.27. The van der Waals surface area contributed by atoms with Crippen molar-refractivity contribution < 1.29 is 19.3 Å². The minimum absolute atomic E-state index is 0.274. The van der Waals surface area contributed by atoms with Crippen LogP contribution in [0, 0.1) is 0 Å². The number of ether oxygens (including phenoxy) is 3. The molecule has 90 valence electrons. The summed E-state index contributed by atoms with van der Waals surface area (Å²) >= 11 is 0. The largest absolute Gasteiger partial charge is 0.497 e. The van der Waals surface area contributed by atoms with Gasteiger partial charge >= 0.3 is 0 Å². The third kappa shape index (κ3) is 4.18. The van der Waals surface area contributed by atoms with Gasteiger partial charge in [-0.2, -0.15) is 0 Å². The van der Waals surface area contributed by atoms with E-state index < -0.39 is 6.10 Å². The maximum absolute atomic E-state index is 9.78. The zero-order valence-corrected chi connectivity index (χ0v) is 9.68. The SMILES string of the molecule is COCCOCC(O)c1ccc(OC)cc1. The van der Waals surface area contributed by atoms with Crippen molar-refractivity contribution in [2.24, 2.45) is 0 Å². The van der Waals surface area contributed by atoms with E-state index in [1.54, 1.807) is 14.2 Å². The highest BCUT2D eigenvalue weighted by atomic mass is 16.5. The number of benzene rings is 1. The molecule has 16 heavy (non-hydrogen) atoms. The lowest BCUT2D eigenvalue weighted by Gasteiger charge is -2.11. The van der Waals surface area contributed by atoms with Gasteiger partial charge in [-0.3, -0.25) is 0 Å². The summed E-state index contributed by atoms with van der Waals surface area (Å²) in [6.07, 6.45) is -0.609. The molecule has 0 aliphatic heterocycles. The second kappa shape index (κ2) is 7.22. The Morgan fingerprint density at radius 2 is 1.81 bits per heavy atom. The molecule has 0 aliphatic rings. The summed E-state index contributed by atoms with van der Waals surface area (Å²) in [6.45, 7) is 1.30. The van der Waals surface area contributed by atoms with E-state index in [1.807, 2.05) is 24.3 Å². The van der Waals surface area contributed by atoms with Gasteiger partial charge in [0.2, 0.25) is 0 Å². The van der Waals surface area contributed by atoms with Crippen LogP contribution in [0.4, 0.5) is 0 Å². The number of methoxy groups -OCH3 is 2. The van der Waals surface area contributed by atoms with Crippen LogP contribution in [0.1, 0.15) is 11.7 Å². The summed E-state index contributed by atoms with van der Waals surface area (Å²) in [5.41, 5.74) is 0.818. The number of hydrogen-bond acceptors (Lipinski definition) is 4. The van der Waals surface area contributed by atoms with E-state index in [-0.39, 0.29) is 6.61 Å². The predicted molar refractivity (Wildman–Crippen MR) is 60.6 cm³/mol. The van der Waals surface area contributed by atoms with E-state index in [9.17, 15) is 5.11 Å². The van der Waals surface area contributed by atoms with Gasteiger partial charge in [-0.15, -0.1) is 0 Å². The molecule has 0 amide bonds. The van der Waals surface area contributed by atoms with E-state index in [0.29, 0.717) is 13.2 Å². The average molecular weight is 226 g/mol. The average Bonchev–Trinajstić information content (AvgIpc) is 2.34. The molecule has 0 aromatic heterocycles. The molecule has 1 rings (SSSR count). The fourth-order valence-corrected chi connectivity index (χ4v) is 1.26. The van der Waals surface area contributed by atoms with Crippen LogP contribution in [-0.2, 0) is 9.47 Å². The molecule has 0 saturated heterocycles. The molecule has 1 unspecified atom stereocenters. The summed E-state index contributed by atoms with van der Waals surface area (Å²) in [4.78, 5) is 0. The highest BCUT2D eigenvalue weighted by Gasteiger charge is 2.07. The molecule has 0 aliphatic carbocycles. The second-order valence-corrected chi connectivity index (χ2v) is 3.36. The van der Waals surface area contributed by atoms with E-state index in [2.05, 4.69) is 0 Å². The molecule has 0 bridgehead atoms. The van der Waals surface area contributed by atoms with Crippen LogP contribution in [-0.4, -0.2) is 39.1 Å². The lowest BCUT2D eigenvalue weighted by molar-refractivity contribution is 0.0126. The van der Waals surface area contributed by atoms with Crippen molar-refractivity contribution >= 4 is 0 Å². The van der Waals surface area contributed by atoms with Crippen LogP contribution >= 0.6 is 0 Å². The smallest absolute Gasteiger partial charge is 0.118 e. The Morgan fingerprint density at radius 1 is 1.12 bits per heavy atom. The van der Waals surface area contributed by atoms with Crippen molar-refractivity contribution in [2.75, 3.05) is 34.0 Å². The third-order valence-corrected chi connectivity index (χ3v) is 2.21. The first-order valence-corrected chi connectivity index (χ1v) is 5.16. The van der Waals surface area contributed by atoms with Gasteiger partial charge < -0.3 is 19.3 Å². The number of rotatable bonds is 7. The van der Waals surface area contributed by atoms with Gasteiger partial charge in [0.25, 0.3) is 0 Å². The Balaban J connectivity index is 2.37. The lowest BCUT2D eigenvalue weighted by Crippen LogP contribution is -2.10. The van der Waals surface area contributed by atoms with Crippen molar-refractivity contribution in [1.29, 1.82) is 0 Å². The molecule has 1 aromatic carbocycles. The van der Waals surface area contributed by atoms with E-state index in [4.69, 9.17) is 14.2 Å². The molecular formula is C12H18O4. The lowest BCUT2D eigenvalue weighted by atomic mass is 10.1. The monoisotopic (exact) mass is 226 g/mol. The second-order valence-electron chi connectivity index (χ2n) is 3.36. The first kappa shape index (κ1) is 13.0. The summed E-state index contributed by atoms with van der Waals surface area (Å²) in [5, 5.41) is 9.78. The van der Waals surface area contributed by atoms with E-state index in [0.717, 1.165) is 11.3 Å². The van der Waals surface area contributed by atoms with Crippen LogP contribution < -0.4 is 4.74 Å². The zero-order valence-electron chi connectivity index (χ0n) is 9.68. The molecule has 0 spiro atoms. The summed E-state index contributed by atoms with van der Waals surface area (Å²) in [7, 11) is 3.22. The van der Waals surface area contributed by atoms with Crippen LogP contribution in [0.15, 0.2) is 24.3 Å². The first-order valence-electron chi connectivity index (χ1n) is 5.16. The molecule has 4 heteroatoms. The molecule has 0 heterocycles. The number of aliphatic hydroxyl groups excluding tert-OH is 1. The Kier molecular flexibility index (Phi) is 5.85. The van der Waals surface area contributed by atoms with E-state index >= 15 is 0 Å². The Morgan fingerprint density at radius 3 is 2.38 bits per heavy atom. The van der Waals surface area contributed by atoms with Crippen LogP contribution in [0.2, 0.25) is 0 Å². The van der Waals surface area contributed by atoms with Gasteiger partial charge in [-0.25, -0.2) is 0 Å². The molecule has 0 radical (unpaired) electrons. The van der Waals surface area contributed by atoms with Gasteiger partial charge in [0.05, 0.1) is 26.9 Å². The Labute approximate surface area is 95.8 Å². The Bertz CT molecular complexity index is 284. The quantitative estimate of drug-likeness (QED) is 0.714. The molecule has 4 nitrogen and oxygen atoms in total. The van der Waals surface area contributed by atoms with Crippen LogP contribution in [0.25, 0.3) is 0 Å². The third-order valence-electron chi connectivity index (χ3n) is 2.21. The highest BCUT2D eigenvalue weighted by Crippen LogP contribution is 2.17. The molecular weight excluding hydrogens is 208 g/mol. The fraction of sp³-hybridized carbons (Fsp3) is 0.500. The molecule has 0 saturated carbocycles. The molecule has 1 aromatic rings. The zero-order chi connectivity index (χ0) is 11.8. The summed E-state index contributed by atoms with van der Waals surface area (Å²) in [5.74, 6) is 0.774. The van der Waals surface area contributed by atoms with Gasteiger partial charge in [-0.1, -0.05) is 12.1 Å². The maximum Gasteiger partial charge on any atom is 0.118 e. The first-order chi connectivity index (χ1) is 7.77. The molecule has 0 fully saturated rings. The maximum atomic E-state index is 9.78. The van der Waals surface area contributed by atoms with Crippen LogP contribution in [0.3, 0.4) is 0 Å². The van der Waals surface area contributed by atoms with Crippen molar-refractivity contribution in [3.8, 4) is 5.75 Å². The highest BCUT2D eigenvalue weighted by molar-refractivity contribution is 5.28. The molecule has 1 N–H and O–H groups in total. The van der Waals surface area contributed by atoms with Crippen molar-refractivity contribution in [1.82, 2.24) is 0 Å². The number of aliphatic hydroxyl groups is 1. The van der Waals surface area contributed by atoms with Crippen LogP contribution in [0.5, 0.6) is 5.75 Å². The number of hydrogen-bond donors (Lipinski definition) is 1. The van der Waals surface area contributed by atoms with Gasteiger partial charge in [0.15, 0.2) is 0 Å². The van der Waals surface area contributed by atoms with Gasteiger partial charge in [0.1, 0.15) is 11.9 Å². The van der Waals surface area contributed by atoms with Crippen molar-refractivity contribution in [2.45, 2.75) is 6.10 Å². The standard InChI is InChI=1S/C12H18O4/c1-14-7-8-16-9-12(13)10-3-5-11(15-2)6-4-10/h3-6,12-13H,7-9H2,1-2H3. The van der Waals surface area contributed by atoms with Crippen molar-refractivity contribution in [3.05, 3.63) is 29.8 Å². The minimum Gasteiger partial charge on any atom is -0.497 e. The topological polar surface area (TPSA) is 47.9 Å². The predicted octanol–water partition coefficient (Wildman–Crippen LogP) is 1.39. The van der Waals surface area contributed by atoms with Gasteiger partial charge in [0, 0.05) is 7.11 Å². The minimum atomic E-state index is -0.609. The summed E-state index contributed by atoms with van der Waals surface area (Å²) < 4.78 is 15.1. The Hall–Kier alpha value is -1.10. The molecule has 1 atom stereocenters.